The number of ether oxygens (including phenoxy) is 2. The number of methoxy groups -OCH3 is 1. The summed E-state index contributed by atoms with van der Waals surface area (Å²) in [5, 5.41) is 0.638. The minimum absolute atomic E-state index is 0.168. The molecule has 9 nitrogen and oxygen atoms in total. The monoisotopic (exact) mass is 400 g/mol. The van der Waals surface area contributed by atoms with E-state index in [2.05, 4.69) is 14.9 Å². The minimum atomic E-state index is -0.168. The number of aromatic nitrogens is 2. The van der Waals surface area contributed by atoms with E-state index in [1.54, 1.807) is 31.3 Å². The molecule has 9 heteroatoms. The van der Waals surface area contributed by atoms with Gasteiger partial charge in [-0.15, -0.1) is 0 Å². The molecule has 0 bridgehead atoms. The third kappa shape index (κ3) is 3.96. The minimum Gasteiger partial charge on any atom is -0.467 e. The van der Waals surface area contributed by atoms with Crippen LogP contribution in [0.2, 0.25) is 0 Å². The van der Waals surface area contributed by atoms with Gasteiger partial charge in [-0.1, -0.05) is 0 Å². The first-order valence-corrected chi connectivity index (χ1v) is 9.56. The van der Waals surface area contributed by atoms with E-state index in [1.165, 1.54) is 6.33 Å². The summed E-state index contributed by atoms with van der Waals surface area (Å²) in [4.78, 5) is 26.1. The van der Waals surface area contributed by atoms with Gasteiger partial charge in [-0.3, -0.25) is 4.79 Å². The van der Waals surface area contributed by atoms with E-state index < -0.39 is 0 Å². The Hall–Kier alpha value is -2.91. The van der Waals surface area contributed by atoms with Gasteiger partial charge in [-0.05, 0) is 19.1 Å². The highest BCUT2D eigenvalue weighted by Crippen LogP contribution is 2.32. The van der Waals surface area contributed by atoms with Gasteiger partial charge in [-0.25, -0.2) is 9.97 Å². The zero-order valence-corrected chi connectivity index (χ0v) is 16.6. The van der Waals surface area contributed by atoms with Crippen molar-refractivity contribution in [3.05, 3.63) is 41.8 Å². The smallest absolute Gasteiger partial charge is 0.258 e. The van der Waals surface area contributed by atoms with Crippen molar-refractivity contribution in [2.75, 3.05) is 51.5 Å². The quantitative estimate of drug-likeness (QED) is 0.596. The second-order valence-corrected chi connectivity index (χ2v) is 6.81. The van der Waals surface area contributed by atoms with Crippen LogP contribution in [-0.2, 0) is 16.0 Å². The van der Waals surface area contributed by atoms with Crippen LogP contribution in [0.25, 0.3) is 11.1 Å². The van der Waals surface area contributed by atoms with Crippen LogP contribution in [0.4, 0.5) is 5.82 Å². The molecule has 1 aliphatic rings. The van der Waals surface area contributed by atoms with Gasteiger partial charge in [-0.2, -0.15) is 0 Å². The van der Waals surface area contributed by atoms with Gasteiger partial charge in [0, 0.05) is 26.7 Å². The lowest BCUT2D eigenvalue weighted by Crippen LogP contribution is -2.37. The van der Waals surface area contributed by atoms with Crippen LogP contribution < -0.4 is 4.90 Å². The highest BCUT2D eigenvalue weighted by atomic mass is 16.5. The maximum absolute atomic E-state index is 13.6. The van der Waals surface area contributed by atoms with Gasteiger partial charge >= 0.3 is 0 Å². The molecule has 3 aromatic heterocycles. The van der Waals surface area contributed by atoms with Crippen molar-refractivity contribution in [1.29, 1.82) is 0 Å². The molecule has 0 unspecified atom stereocenters. The number of aryl methyl sites for hydroxylation is 1. The van der Waals surface area contributed by atoms with Crippen LogP contribution in [0.5, 0.6) is 0 Å². The molecule has 1 fully saturated rings. The zero-order chi connectivity index (χ0) is 20.2. The van der Waals surface area contributed by atoms with E-state index >= 15 is 0 Å². The number of rotatable bonds is 7. The third-order valence-corrected chi connectivity index (χ3v) is 4.95. The van der Waals surface area contributed by atoms with Crippen molar-refractivity contribution >= 4 is 22.8 Å². The maximum Gasteiger partial charge on any atom is 0.258 e. The molecule has 0 N–H and O–H groups in total. The molecule has 1 saturated heterocycles. The molecule has 154 valence electrons. The number of carbonyl (C=O) groups is 1. The summed E-state index contributed by atoms with van der Waals surface area (Å²) < 4.78 is 21.9. The van der Waals surface area contributed by atoms with Crippen LogP contribution in [0.3, 0.4) is 0 Å². The Bertz CT molecular complexity index is 963. The highest BCUT2D eigenvalue weighted by Gasteiger charge is 2.29. The predicted molar refractivity (Wildman–Crippen MR) is 105 cm³/mol. The molecule has 1 aliphatic heterocycles. The molecule has 0 atom stereocenters. The summed E-state index contributed by atoms with van der Waals surface area (Å²) in [6.45, 7) is 5.57. The van der Waals surface area contributed by atoms with Crippen molar-refractivity contribution in [3.8, 4) is 0 Å². The lowest BCUT2D eigenvalue weighted by molar-refractivity contribution is 0.0666. The molecule has 3 aromatic rings. The summed E-state index contributed by atoms with van der Waals surface area (Å²) >= 11 is 0. The summed E-state index contributed by atoms with van der Waals surface area (Å²) in [7, 11) is 1.61. The lowest BCUT2D eigenvalue weighted by atomic mass is 10.1. The average Bonchev–Trinajstić information content (AvgIpc) is 3.37. The third-order valence-electron chi connectivity index (χ3n) is 4.95. The lowest BCUT2D eigenvalue weighted by Gasteiger charge is -2.28. The molecule has 0 aliphatic carbocycles. The molecule has 0 aromatic carbocycles. The molecule has 4 heterocycles. The largest absolute Gasteiger partial charge is 0.467 e. The molecule has 0 spiro atoms. The molecule has 0 saturated carbocycles. The van der Waals surface area contributed by atoms with Gasteiger partial charge in [0.25, 0.3) is 5.91 Å². The van der Waals surface area contributed by atoms with E-state index in [0.29, 0.717) is 80.0 Å². The summed E-state index contributed by atoms with van der Waals surface area (Å²) in [6, 6.07) is 3.65. The van der Waals surface area contributed by atoms with Crippen molar-refractivity contribution in [3.63, 3.8) is 0 Å². The van der Waals surface area contributed by atoms with Gasteiger partial charge < -0.3 is 28.1 Å². The molecule has 4 rings (SSSR count). The number of hydrogen-bond donors (Lipinski definition) is 0. The number of hydrogen-bond acceptors (Lipinski definition) is 8. The van der Waals surface area contributed by atoms with Crippen LogP contribution in [0.15, 0.2) is 33.6 Å². The molecule has 0 radical (unpaired) electrons. The van der Waals surface area contributed by atoms with Crippen LogP contribution in [-0.4, -0.2) is 67.3 Å². The van der Waals surface area contributed by atoms with Crippen LogP contribution >= 0.6 is 0 Å². The Balaban J connectivity index is 1.74. The summed E-state index contributed by atoms with van der Waals surface area (Å²) in [6.07, 6.45) is 3.06. The topological polar surface area (TPSA) is 94.1 Å². The number of amides is 1. The maximum atomic E-state index is 13.6. The first-order chi connectivity index (χ1) is 14.2. The Morgan fingerprint density at radius 3 is 2.86 bits per heavy atom. The number of fused-ring (bicyclic) bond motifs is 1. The van der Waals surface area contributed by atoms with Crippen molar-refractivity contribution in [2.45, 2.75) is 13.5 Å². The molecular formula is C20H24N4O5. The van der Waals surface area contributed by atoms with E-state index in [1.807, 2.05) is 6.07 Å². The van der Waals surface area contributed by atoms with Crippen LogP contribution in [0, 0.1) is 6.92 Å². The fourth-order valence-electron chi connectivity index (χ4n) is 3.50. The van der Waals surface area contributed by atoms with E-state index in [9.17, 15) is 4.79 Å². The predicted octanol–water partition coefficient (Wildman–Crippen LogP) is 2.25. The normalized spacial score (nSPS) is 14.5. The summed E-state index contributed by atoms with van der Waals surface area (Å²) in [5.41, 5.74) is 0.886. The second-order valence-electron chi connectivity index (χ2n) is 6.81. The first kappa shape index (κ1) is 19.4. The SMILES string of the molecule is COCCN(Cc1ccco1)C(=O)c1c(C)oc2ncnc(N3CCOCC3)c12. The van der Waals surface area contributed by atoms with Crippen molar-refractivity contribution < 1.29 is 23.1 Å². The number of nitrogens with zero attached hydrogens (tertiary/aromatic N) is 4. The van der Waals surface area contributed by atoms with Gasteiger partial charge in [0.1, 0.15) is 23.7 Å². The Morgan fingerprint density at radius 2 is 2.14 bits per heavy atom. The summed E-state index contributed by atoms with van der Waals surface area (Å²) in [5.74, 6) is 1.74. The molecule has 29 heavy (non-hydrogen) atoms. The highest BCUT2D eigenvalue weighted by molar-refractivity contribution is 6.10. The Morgan fingerprint density at radius 1 is 1.31 bits per heavy atom. The first-order valence-electron chi connectivity index (χ1n) is 9.56. The Labute approximate surface area is 168 Å². The van der Waals surface area contributed by atoms with Crippen molar-refractivity contribution in [2.24, 2.45) is 0 Å². The number of anilines is 1. The number of morpholine rings is 1. The molecule has 1 amide bonds. The van der Waals surface area contributed by atoms with Gasteiger partial charge in [0.05, 0.1) is 43.6 Å². The molecular weight excluding hydrogens is 376 g/mol. The van der Waals surface area contributed by atoms with Crippen LogP contribution in [0.1, 0.15) is 21.9 Å². The number of furan rings is 2. The fourth-order valence-corrected chi connectivity index (χ4v) is 3.50. The number of carbonyl (C=O) groups excluding carboxylic acids is 1. The van der Waals surface area contributed by atoms with E-state index in [-0.39, 0.29) is 5.91 Å². The van der Waals surface area contributed by atoms with E-state index in [4.69, 9.17) is 18.3 Å². The average molecular weight is 400 g/mol. The van der Waals surface area contributed by atoms with E-state index in [0.717, 1.165) is 0 Å². The fraction of sp³-hybridized carbons (Fsp3) is 0.450. The van der Waals surface area contributed by atoms with Gasteiger partial charge in [0.15, 0.2) is 0 Å². The second kappa shape index (κ2) is 8.62. The standard InChI is InChI=1S/C20H24N4O5/c1-14-16(20(25)24(5-9-26-2)12-15-4-3-8-28-15)17-18(21-13-22-19(17)29-14)23-6-10-27-11-7-23/h3-4,8,13H,5-7,9-12H2,1-2H3. The van der Waals surface area contributed by atoms with Gasteiger partial charge in [0.2, 0.25) is 5.71 Å². The zero-order valence-electron chi connectivity index (χ0n) is 16.6. The Kier molecular flexibility index (Phi) is 5.77. The van der Waals surface area contributed by atoms with Crippen molar-refractivity contribution in [1.82, 2.24) is 14.9 Å².